The lowest BCUT2D eigenvalue weighted by Crippen LogP contribution is -2.31. The first kappa shape index (κ1) is 23.8. The van der Waals surface area contributed by atoms with Crippen LogP contribution in [0.2, 0.25) is 0 Å². The van der Waals surface area contributed by atoms with E-state index in [4.69, 9.17) is 0 Å². The first-order chi connectivity index (χ1) is 14.9. The highest BCUT2D eigenvalue weighted by Crippen LogP contribution is 2.37. The monoisotopic (exact) mass is 520 g/mol. The summed E-state index contributed by atoms with van der Waals surface area (Å²) >= 11 is 3.35. The summed E-state index contributed by atoms with van der Waals surface area (Å²) in [5.41, 5.74) is 1.44. The highest BCUT2D eigenvalue weighted by Gasteiger charge is 2.37. The van der Waals surface area contributed by atoms with Crippen molar-refractivity contribution < 1.29 is 22.9 Å². The number of nitro groups is 1. The molecule has 3 rings (SSSR count). The second kappa shape index (κ2) is 8.95. The molecule has 1 atom stereocenters. The first-order valence-electron chi connectivity index (χ1n) is 9.69. The van der Waals surface area contributed by atoms with Crippen LogP contribution in [0.4, 0.5) is 0 Å². The third-order valence-corrected chi connectivity index (χ3v) is 7.55. The molecule has 8 nitrogen and oxygen atoms in total. The van der Waals surface area contributed by atoms with E-state index in [9.17, 15) is 28.1 Å². The molecule has 0 bridgehead atoms. The average Bonchev–Trinajstić information content (AvgIpc) is 3.06. The van der Waals surface area contributed by atoms with Crippen molar-refractivity contribution in [3.63, 3.8) is 0 Å². The summed E-state index contributed by atoms with van der Waals surface area (Å²) in [7, 11) is -4.04. The molecule has 0 amide bonds. The minimum absolute atomic E-state index is 0.0509. The SMILES string of the molecule is CC(=O)C(C(C)=O)[C@H](C[N+](=O)[O-])c1cn(S(=O)(=O)c2ccc(C)cc2)c2ccc(Br)cc12. The average molecular weight is 521 g/mol. The van der Waals surface area contributed by atoms with Crippen LogP contribution in [0.1, 0.15) is 30.9 Å². The third-order valence-electron chi connectivity index (χ3n) is 5.36. The van der Waals surface area contributed by atoms with Gasteiger partial charge in [-0.2, -0.15) is 0 Å². The van der Waals surface area contributed by atoms with Crippen LogP contribution in [0.5, 0.6) is 0 Å². The zero-order valence-corrected chi connectivity index (χ0v) is 20.0. The number of hydrogen-bond donors (Lipinski definition) is 0. The van der Waals surface area contributed by atoms with Crippen LogP contribution < -0.4 is 0 Å². The van der Waals surface area contributed by atoms with Gasteiger partial charge in [0.1, 0.15) is 11.6 Å². The van der Waals surface area contributed by atoms with Gasteiger partial charge < -0.3 is 0 Å². The molecule has 2 aromatic carbocycles. The Hall–Kier alpha value is -2.85. The van der Waals surface area contributed by atoms with Crippen molar-refractivity contribution in [2.75, 3.05) is 6.54 Å². The number of rotatable bonds is 8. The van der Waals surface area contributed by atoms with E-state index in [2.05, 4.69) is 15.9 Å². The largest absolute Gasteiger partial charge is 0.299 e. The maximum atomic E-state index is 13.4. The van der Waals surface area contributed by atoms with E-state index in [0.717, 1.165) is 9.54 Å². The summed E-state index contributed by atoms with van der Waals surface area (Å²) < 4.78 is 28.5. The zero-order chi connectivity index (χ0) is 23.8. The molecule has 0 saturated heterocycles. The van der Waals surface area contributed by atoms with Gasteiger partial charge in [-0.25, -0.2) is 12.4 Å². The second-order valence-corrected chi connectivity index (χ2v) is 10.4. The summed E-state index contributed by atoms with van der Waals surface area (Å²) in [6.45, 7) is 3.55. The fraction of sp³-hybridized carbons (Fsp3) is 0.273. The fourth-order valence-electron chi connectivity index (χ4n) is 3.91. The van der Waals surface area contributed by atoms with Gasteiger partial charge in [-0.15, -0.1) is 0 Å². The van der Waals surface area contributed by atoms with Crippen LogP contribution >= 0.6 is 15.9 Å². The Bertz CT molecular complexity index is 1310. The third kappa shape index (κ3) is 4.51. The molecule has 10 heteroatoms. The van der Waals surface area contributed by atoms with Crippen molar-refractivity contribution in [3.8, 4) is 0 Å². The Morgan fingerprint density at radius 1 is 1.09 bits per heavy atom. The van der Waals surface area contributed by atoms with E-state index in [1.165, 1.54) is 32.2 Å². The minimum Gasteiger partial charge on any atom is -0.299 e. The molecule has 0 aliphatic heterocycles. The molecule has 1 heterocycles. The highest BCUT2D eigenvalue weighted by atomic mass is 79.9. The van der Waals surface area contributed by atoms with Gasteiger partial charge in [-0.1, -0.05) is 33.6 Å². The number of fused-ring (bicyclic) bond motifs is 1. The minimum atomic E-state index is -4.04. The van der Waals surface area contributed by atoms with Crippen molar-refractivity contribution in [1.29, 1.82) is 0 Å². The van der Waals surface area contributed by atoms with E-state index >= 15 is 0 Å². The van der Waals surface area contributed by atoms with Crippen LogP contribution in [-0.2, 0) is 19.6 Å². The number of halogens is 1. The predicted molar refractivity (Wildman–Crippen MR) is 123 cm³/mol. The van der Waals surface area contributed by atoms with Gasteiger partial charge >= 0.3 is 0 Å². The molecule has 168 valence electrons. The van der Waals surface area contributed by atoms with Gasteiger partial charge in [0, 0.05) is 21.0 Å². The Balaban J connectivity index is 2.33. The van der Waals surface area contributed by atoms with Crippen molar-refractivity contribution >= 4 is 48.4 Å². The molecule has 1 aromatic heterocycles. The zero-order valence-electron chi connectivity index (χ0n) is 17.6. The Morgan fingerprint density at radius 3 is 2.22 bits per heavy atom. The number of carbonyl (C=O) groups excluding carboxylic acids is 2. The summed E-state index contributed by atoms with van der Waals surface area (Å²) in [5, 5.41) is 11.9. The summed E-state index contributed by atoms with van der Waals surface area (Å²) in [6, 6.07) is 11.2. The standard InChI is InChI=1S/C22H21BrN2O6S/c1-13-4-7-17(8-5-13)32(30,31)24-11-19(18-10-16(23)6-9-21(18)24)20(12-25(28)29)22(14(2)26)15(3)27/h4-11,20,22H,12H2,1-3H3/t20-/m1/s1. The smallest absolute Gasteiger partial charge is 0.268 e. The Labute approximate surface area is 193 Å². The van der Waals surface area contributed by atoms with Gasteiger partial charge in [0.05, 0.1) is 22.2 Å². The number of Topliss-reactive ketones (excluding diaryl/α,β-unsaturated/α-hetero) is 2. The topological polar surface area (TPSA) is 116 Å². The lowest BCUT2D eigenvalue weighted by Gasteiger charge is -2.19. The summed E-state index contributed by atoms with van der Waals surface area (Å²) in [5.74, 6) is -3.41. The van der Waals surface area contributed by atoms with Crippen molar-refractivity contribution in [2.45, 2.75) is 31.6 Å². The number of benzene rings is 2. The van der Waals surface area contributed by atoms with Crippen LogP contribution in [0.3, 0.4) is 0 Å². The molecule has 0 unspecified atom stereocenters. The molecule has 32 heavy (non-hydrogen) atoms. The maximum absolute atomic E-state index is 13.4. The normalized spacial score (nSPS) is 12.8. The number of hydrogen-bond acceptors (Lipinski definition) is 6. The van der Waals surface area contributed by atoms with Gasteiger partial charge in [0.25, 0.3) is 10.0 Å². The van der Waals surface area contributed by atoms with E-state index in [-0.39, 0.29) is 10.5 Å². The number of aryl methyl sites for hydroxylation is 1. The van der Waals surface area contributed by atoms with Gasteiger partial charge in [0.2, 0.25) is 6.54 Å². The van der Waals surface area contributed by atoms with Crippen molar-refractivity contribution in [1.82, 2.24) is 3.97 Å². The van der Waals surface area contributed by atoms with Gasteiger partial charge in [-0.05, 0) is 56.7 Å². The van der Waals surface area contributed by atoms with Crippen LogP contribution in [0.25, 0.3) is 10.9 Å². The summed E-state index contributed by atoms with van der Waals surface area (Å²) in [4.78, 5) is 35.4. The molecule has 0 radical (unpaired) electrons. The van der Waals surface area contributed by atoms with Crippen LogP contribution in [0.15, 0.2) is 58.0 Å². The predicted octanol–water partition coefficient (Wildman–Crippen LogP) is 4.10. The van der Waals surface area contributed by atoms with Gasteiger partial charge in [-0.3, -0.25) is 19.7 Å². The quantitative estimate of drug-likeness (QED) is 0.250. The lowest BCUT2D eigenvalue weighted by molar-refractivity contribution is -0.484. The van der Waals surface area contributed by atoms with E-state index in [1.54, 1.807) is 30.3 Å². The second-order valence-electron chi connectivity index (χ2n) is 7.68. The highest BCUT2D eigenvalue weighted by molar-refractivity contribution is 9.10. The number of nitrogens with zero attached hydrogens (tertiary/aromatic N) is 2. The molecule has 0 fully saturated rings. The lowest BCUT2D eigenvalue weighted by atomic mass is 9.81. The summed E-state index contributed by atoms with van der Waals surface area (Å²) in [6.07, 6.45) is 1.29. The van der Waals surface area contributed by atoms with E-state index in [0.29, 0.717) is 15.4 Å². The molecule has 3 aromatic rings. The van der Waals surface area contributed by atoms with E-state index < -0.39 is 44.9 Å². The Kier molecular flexibility index (Phi) is 6.66. The number of carbonyl (C=O) groups is 2. The maximum Gasteiger partial charge on any atom is 0.268 e. The Morgan fingerprint density at radius 2 is 1.69 bits per heavy atom. The molecular weight excluding hydrogens is 500 g/mol. The van der Waals surface area contributed by atoms with Crippen LogP contribution in [-0.4, -0.2) is 35.4 Å². The molecular formula is C22H21BrN2O6S. The van der Waals surface area contributed by atoms with Gasteiger partial charge in [0.15, 0.2) is 0 Å². The first-order valence-corrected chi connectivity index (χ1v) is 11.9. The van der Waals surface area contributed by atoms with Crippen molar-refractivity contribution in [3.05, 3.63) is 74.4 Å². The van der Waals surface area contributed by atoms with Crippen molar-refractivity contribution in [2.24, 2.45) is 5.92 Å². The molecule has 0 aliphatic carbocycles. The molecule has 0 saturated carbocycles. The van der Waals surface area contributed by atoms with Crippen LogP contribution in [0, 0.1) is 23.0 Å². The molecule has 0 N–H and O–H groups in total. The number of aromatic nitrogens is 1. The molecule has 0 aliphatic rings. The van der Waals surface area contributed by atoms with E-state index in [1.807, 2.05) is 6.92 Å². The fourth-order valence-corrected chi connectivity index (χ4v) is 5.65. The number of ketones is 2. The molecule has 0 spiro atoms.